The molecule has 0 radical (unpaired) electrons. The molecule has 8 heteroatoms. The number of benzene rings is 2. The molecular formula is C24H29N5O3. The zero-order valence-corrected chi connectivity index (χ0v) is 18.8. The fourth-order valence-corrected chi connectivity index (χ4v) is 4.22. The number of amides is 3. The van der Waals surface area contributed by atoms with Gasteiger partial charge in [0.1, 0.15) is 5.84 Å². The van der Waals surface area contributed by atoms with E-state index >= 15 is 0 Å². The van der Waals surface area contributed by atoms with Crippen molar-refractivity contribution in [1.29, 1.82) is 0 Å². The SMILES string of the molecule is Cc1cccc(NC(=O)N[C@@H]2N=C(N3CC(C)OC(C)C3)c3ccccc3N(C)C2=O)c1. The zero-order valence-electron chi connectivity index (χ0n) is 18.8. The molecule has 32 heavy (non-hydrogen) atoms. The van der Waals surface area contributed by atoms with Crippen molar-refractivity contribution in [3.63, 3.8) is 0 Å². The molecular weight excluding hydrogens is 406 g/mol. The minimum absolute atomic E-state index is 0.0290. The summed E-state index contributed by atoms with van der Waals surface area (Å²) in [5.41, 5.74) is 3.29. The monoisotopic (exact) mass is 435 g/mol. The summed E-state index contributed by atoms with van der Waals surface area (Å²) < 4.78 is 5.88. The standard InChI is InChI=1S/C24H29N5O3/c1-15-8-7-9-18(12-15)25-24(31)27-21-23(30)28(4)20-11-6-5-10-19(20)22(26-21)29-13-16(2)32-17(3)14-29/h5-12,16-17,21H,13-14H2,1-4H3,(H2,25,27,31)/t16?,17?,21-/m0/s1. The number of amidine groups is 1. The summed E-state index contributed by atoms with van der Waals surface area (Å²) >= 11 is 0. The molecule has 8 nitrogen and oxygen atoms in total. The van der Waals surface area contributed by atoms with E-state index in [0.29, 0.717) is 24.6 Å². The molecule has 2 unspecified atom stereocenters. The van der Waals surface area contributed by atoms with Crippen LogP contribution < -0.4 is 15.5 Å². The van der Waals surface area contributed by atoms with Crippen molar-refractivity contribution in [2.75, 3.05) is 30.4 Å². The van der Waals surface area contributed by atoms with Gasteiger partial charge in [0.05, 0.1) is 17.9 Å². The van der Waals surface area contributed by atoms with E-state index in [4.69, 9.17) is 9.73 Å². The van der Waals surface area contributed by atoms with Gasteiger partial charge in [-0.05, 0) is 50.6 Å². The first kappa shape index (κ1) is 21.8. The maximum atomic E-state index is 13.2. The number of carbonyl (C=O) groups is 2. The Labute approximate surface area is 188 Å². The van der Waals surface area contributed by atoms with Gasteiger partial charge in [-0.25, -0.2) is 9.79 Å². The third-order valence-corrected chi connectivity index (χ3v) is 5.59. The van der Waals surface area contributed by atoms with Crippen LogP contribution in [-0.2, 0) is 9.53 Å². The van der Waals surface area contributed by atoms with Crippen LogP contribution >= 0.6 is 0 Å². The second kappa shape index (κ2) is 9.00. The Morgan fingerprint density at radius 2 is 1.81 bits per heavy atom. The van der Waals surface area contributed by atoms with Gasteiger partial charge in [-0.15, -0.1) is 0 Å². The number of nitrogens with zero attached hydrogens (tertiary/aromatic N) is 3. The largest absolute Gasteiger partial charge is 0.372 e. The van der Waals surface area contributed by atoms with E-state index in [1.54, 1.807) is 18.0 Å². The fourth-order valence-electron chi connectivity index (χ4n) is 4.22. The number of aryl methyl sites for hydroxylation is 1. The van der Waals surface area contributed by atoms with Crippen molar-refractivity contribution in [3.8, 4) is 0 Å². The van der Waals surface area contributed by atoms with Crippen molar-refractivity contribution in [1.82, 2.24) is 10.2 Å². The lowest BCUT2D eigenvalue weighted by atomic mass is 10.1. The maximum Gasteiger partial charge on any atom is 0.321 e. The Balaban J connectivity index is 1.65. The topological polar surface area (TPSA) is 86.3 Å². The first-order chi connectivity index (χ1) is 15.3. The van der Waals surface area contributed by atoms with Gasteiger partial charge in [0.2, 0.25) is 6.17 Å². The van der Waals surface area contributed by atoms with E-state index in [0.717, 1.165) is 16.8 Å². The lowest BCUT2D eigenvalue weighted by Crippen LogP contribution is -2.50. The maximum absolute atomic E-state index is 13.2. The van der Waals surface area contributed by atoms with Crippen LogP contribution in [0.5, 0.6) is 0 Å². The molecule has 0 spiro atoms. The summed E-state index contributed by atoms with van der Waals surface area (Å²) in [5, 5.41) is 5.54. The van der Waals surface area contributed by atoms with E-state index in [-0.39, 0.29) is 18.1 Å². The molecule has 2 aromatic rings. The highest BCUT2D eigenvalue weighted by atomic mass is 16.5. The normalized spacial score (nSPS) is 23.2. The van der Waals surface area contributed by atoms with Gasteiger partial charge < -0.3 is 25.2 Å². The van der Waals surface area contributed by atoms with Crippen molar-refractivity contribution in [3.05, 3.63) is 59.7 Å². The number of para-hydroxylation sites is 1. The van der Waals surface area contributed by atoms with Gasteiger partial charge >= 0.3 is 6.03 Å². The third kappa shape index (κ3) is 4.60. The zero-order chi connectivity index (χ0) is 22.8. The van der Waals surface area contributed by atoms with Gasteiger partial charge in [0, 0.05) is 31.4 Å². The minimum Gasteiger partial charge on any atom is -0.372 e. The molecule has 0 aliphatic carbocycles. The third-order valence-electron chi connectivity index (χ3n) is 5.59. The molecule has 3 amide bonds. The Kier molecular flexibility index (Phi) is 6.14. The van der Waals surface area contributed by atoms with Crippen molar-refractivity contribution < 1.29 is 14.3 Å². The van der Waals surface area contributed by atoms with Crippen molar-refractivity contribution >= 4 is 29.1 Å². The number of nitrogens with one attached hydrogen (secondary N) is 2. The number of urea groups is 1. The number of carbonyl (C=O) groups excluding carboxylic acids is 2. The summed E-state index contributed by atoms with van der Waals surface area (Å²) in [4.78, 5) is 34.4. The minimum atomic E-state index is -1.05. The van der Waals surface area contributed by atoms with E-state index in [1.165, 1.54) is 0 Å². The molecule has 0 saturated carbocycles. The number of ether oxygens (including phenoxy) is 1. The van der Waals surface area contributed by atoms with Gasteiger partial charge in [-0.3, -0.25) is 4.79 Å². The molecule has 2 aliphatic rings. The summed E-state index contributed by atoms with van der Waals surface area (Å²) in [7, 11) is 1.71. The molecule has 0 bridgehead atoms. The van der Waals surface area contributed by atoms with E-state index in [9.17, 15) is 9.59 Å². The predicted molar refractivity (Wildman–Crippen MR) is 125 cm³/mol. The second-order valence-electron chi connectivity index (χ2n) is 8.40. The molecule has 2 aromatic carbocycles. The number of hydrogen-bond acceptors (Lipinski definition) is 5. The van der Waals surface area contributed by atoms with Gasteiger partial charge in [-0.1, -0.05) is 24.3 Å². The molecule has 2 aliphatic heterocycles. The number of anilines is 2. The second-order valence-corrected chi connectivity index (χ2v) is 8.40. The number of rotatable bonds is 2. The molecule has 0 aromatic heterocycles. The lowest BCUT2D eigenvalue weighted by Gasteiger charge is -2.37. The highest BCUT2D eigenvalue weighted by molar-refractivity contribution is 6.12. The average Bonchev–Trinajstić information content (AvgIpc) is 2.84. The van der Waals surface area contributed by atoms with E-state index < -0.39 is 12.2 Å². The van der Waals surface area contributed by atoms with Crippen LogP contribution in [0.4, 0.5) is 16.2 Å². The van der Waals surface area contributed by atoms with Crippen molar-refractivity contribution in [2.45, 2.75) is 39.1 Å². The summed E-state index contributed by atoms with van der Waals surface area (Å²) in [6.07, 6.45) is -0.997. The summed E-state index contributed by atoms with van der Waals surface area (Å²) in [6.45, 7) is 7.29. The molecule has 1 fully saturated rings. The molecule has 3 atom stereocenters. The first-order valence-corrected chi connectivity index (χ1v) is 10.8. The molecule has 2 N–H and O–H groups in total. The fraction of sp³-hybridized carbons (Fsp3) is 0.375. The number of morpholine rings is 1. The molecule has 1 saturated heterocycles. The summed E-state index contributed by atoms with van der Waals surface area (Å²) in [5.74, 6) is 0.377. The first-order valence-electron chi connectivity index (χ1n) is 10.8. The van der Waals surface area contributed by atoms with Crippen LogP contribution in [0.15, 0.2) is 53.5 Å². The number of likely N-dealkylation sites (N-methyl/N-ethyl adjacent to an activating group) is 1. The Hall–Kier alpha value is -3.39. The Morgan fingerprint density at radius 3 is 2.53 bits per heavy atom. The number of hydrogen-bond donors (Lipinski definition) is 2. The van der Waals surface area contributed by atoms with Gasteiger partial charge in [-0.2, -0.15) is 0 Å². The van der Waals surface area contributed by atoms with Crippen LogP contribution in [0.2, 0.25) is 0 Å². The van der Waals surface area contributed by atoms with E-state index in [1.807, 2.05) is 63.2 Å². The molecule has 4 rings (SSSR count). The smallest absolute Gasteiger partial charge is 0.321 e. The van der Waals surface area contributed by atoms with Crippen LogP contribution in [0, 0.1) is 6.92 Å². The Morgan fingerprint density at radius 1 is 1.09 bits per heavy atom. The van der Waals surface area contributed by atoms with Gasteiger partial charge in [0.15, 0.2) is 0 Å². The quantitative estimate of drug-likeness (QED) is 0.759. The summed E-state index contributed by atoms with van der Waals surface area (Å²) in [6, 6.07) is 14.7. The lowest BCUT2D eigenvalue weighted by molar-refractivity contribution is -0.119. The van der Waals surface area contributed by atoms with Crippen LogP contribution in [0.3, 0.4) is 0 Å². The number of fused-ring (bicyclic) bond motifs is 1. The molecule has 2 heterocycles. The van der Waals surface area contributed by atoms with Gasteiger partial charge in [0.25, 0.3) is 5.91 Å². The van der Waals surface area contributed by atoms with Crippen LogP contribution in [0.1, 0.15) is 25.0 Å². The van der Waals surface area contributed by atoms with E-state index in [2.05, 4.69) is 15.5 Å². The highest BCUT2D eigenvalue weighted by Crippen LogP contribution is 2.27. The highest BCUT2D eigenvalue weighted by Gasteiger charge is 2.34. The van der Waals surface area contributed by atoms with Crippen LogP contribution in [0.25, 0.3) is 0 Å². The molecule has 168 valence electrons. The average molecular weight is 436 g/mol. The Bertz CT molecular complexity index is 1040. The van der Waals surface area contributed by atoms with Crippen LogP contribution in [-0.4, -0.2) is 61.2 Å². The number of aliphatic imine (C=N–C) groups is 1. The van der Waals surface area contributed by atoms with Crippen molar-refractivity contribution in [2.24, 2.45) is 4.99 Å². The predicted octanol–water partition coefficient (Wildman–Crippen LogP) is 2.98. The number of benzodiazepines with no additional fused rings is 1.